The van der Waals surface area contributed by atoms with Crippen LogP contribution in [0.4, 0.5) is 0 Å². The Morgan fingerprint density at radius 2 is 0.816 bits per heavy atom. The molecule has 1 aliphatic rings. The van der Waals surface area contributed by atoms with Gasteiger partial charge in [-0.15, -0.1) is 0 Å². The smallest absolute Gasteiger partial charge is 0.303 e. The zero-order chi connectivity index (χ0) is 27.9. The predicted molar refractivity (Wildman–Crippen MR) is 166 cm³/mol. The summed E-state index contributed by atoms with van der Waals surface area (Å²) < 4.78 is 0. The van der Waals surface area contributed by atoms with Crippen molar-refractivity contribution in [2.45, 2.75) is 148 Å². The van der Waals surface area contributed by atoms with Crippen LogP contribution in [0.5, 0.6) is 0 Å². The molecule has 0 unspecified atom stereocenters. The van der Waals surface area contributed by atoms with E-state index in [2.05, 4.69) is 16.7 Å². The van der Waals surface area contributed by atoms with Gasteiger partial charge in [0.1, 0.15) is 0 Å². The Morgan fingerprint density at radius 3 is 1.08 bits per heavy atom. The summed E-state index contributed by atoms with van der Waals surface area (Å²) in [4.78, 5) is 15.4. The largest absolute Gasteiger partial charge is 0.481 e. The van der Waals surface area contributed by atoms with E-state index in [4.69, 9.17) is 16.6 Å². The molecule has 0 amide bonds. The first-order chi connectivity index (χ1) is 18.6. The highest BCUT2D eigenvalue weighted by molar-refractivity contribution is 5.66. The number of nitrogens with two attached hydrogens (primary N) is 2. The molecule has 228 valence electrons. The molecule has 6 heteroatoms. The molecule has 0 saturated carbocycles. The Morgan fingerprint density at radius 1 is 0.526 bits per heavy atom. The Hall–Kier alpha value is -0.690. The minimum atomic E-state index is -0.651. The van der Waals surface area contributed by atoms with Crippen molar-refractivity contribution in [3.8, 4) is 0 Å². The monoisotopic (exact) mass is 541 g/mol. The summed E-state index contributed by atoms with van der Waals surface area (Å²) in [6.45, 7) is 11.0. The van der Waals surface area contributed by atoms with Crippen LogP contribution in [0.3, 0.4) is 0 Å². The van der Waals surface area contributed by atoms with Crippen LogP contribution in [-0.2, 0) is 4.79 Å². The maximum Gasteiger partial charge on any atom is 0.303 e. The van der Waals surface area contributed by atoms with E-state index in [1.807, 2.05) is 0 Å². The van der Waals surface area contributed by atoms with Gasteiger partial charge in [-0.25, -0.2) is 0 Å². The molecule has 38 heavy (non-hydrogen) atoms. The molecular weight excluding hydrogens is 472 g/mol. The molecule has 1 aliphatic heterocycles. The van der Waals surface area contributed by atoms with Crippen LogP contribution < -0.4 is 11.5 Å². The lowest BCUT2D eigenvalue weighted by molar-refractivity contribution is -0.137. The third-order valence-corrected chi connectivity index (χ3v) is 7.82. The Bertz CT molecular complexity index is 454. The first kappa shape index (κ1) is 37.3. The molecule has 0 atom stereocenters. The van der Waals surface area contributed by atoms with E-state index in [0.29, 0.717) is 6.42 Å². The van der Waals surface area contributed by atoms with Crippen LogP contribution in [0, 0.1) is 0 Å². The summed E-state index contributed by atoms with van der Waals surface area (Å²) in [6.07, 6.45) is 28.4. The van der Waals surface area contributed by atoms with Crippen molar-refractivity contribution in [1.82, 2.24) is 9.80 Å². The molecule has 0 aromatic heterocycles. The van der Waals surface area contributed by atoms with Gasteiger partial charge >= 0.3 is 5.97 Å². The second kappa shape index (κ2) is 30.8. The fourth-order valence-electron chi connectivity index (χ4n) is 5.22. The van der Waals surface area contributed by atoms with Gasteiger partial charge in [-0.1, -0.05) is 122 Å². The van der Waals surface area contributed by atoms with E-state index >= 15 is 0 Å². The zero-order valence-electron chi connectivity index (χ0n) is 25.6. The number of unbranched alkanes of at least 4 members (excludes halogenated alkanes) is 18. The average Bonchev–Trinajstić information content (AvgIpc) is 2.92. The number of hydrogen-bond donors (Lipinski definition) is 3. The molecule has 0 bridgehead atoms. The van der Waals surface area contributed by atoms with E-state index in [-0.39, 0.29) is 0 Å². The van der Waals surface area contributed by atoms with Crippen LogP contribution >= 0.6 is 0 Å². The van der Waals surface area contributed by atoms with Gasteiger partial charge in [0, 0.05) is 32.6 Å². The highest BCUT2D eigenvalue weighted by Gasteiger charge is 2.15. The minimum absolute atomic E-state index is 0.346. The van der Waals surface area contributed by atoms with Crippen LogP contribution in [0.15, 0.2) is 0 Å². The number of hydrogen-bond acceptors (Lipinski definition) is 5. The molecule has 1 rings (SSSR count). The van der Waals surface area contributed by atoms with E-state index in [0.717, 1.165) is 38.8 Å². The van der Waals surface area contributed by atoms with Gasteiger partial charge in [-0.3, -0.25) is 4.79 Å². The summed E-state index contributed by atoms with van der Waals surface area (Å²) in [5, 5.41) is 8.56. The van der Waals surface area contributed by atoms with Gasteiger partial charge in [0.15, 0.2) is 0 Å². The van der Waals surface area contributed by atoms with Crippen molar-refractivity contribution in [1.29, 1.82) is 0 Å². The van der Waals surface area contributed by atoms with E-state index in [1.165, 1.54) is 148 Å². The topological polar surface area (TPSA) is 95.8 Å². The zero-order valence-corrected chi connectivity index (χ0v) is 25.6. The van der Waals surface area contributed by atoms with E-state index in [9.17, 15) is 4.79 Å². The van der Waals surface area contributed by atoms with Gasteiger partial charge in [0.05, 0.1) is 0 Å². The van der Waals surface area contributed by atoms with Crippen LogP contribution in [0.1, 0.15) is 148 Å². The van der Waals surface area contributed by atoms with Gasteiger partial charge in [0.25, 0.3) is 0 Å². The molecule has 0 aliphatic carbocycles. The van der Waals surface area contributed by atoms with Crippen molar-refractivity contribution in [2.24, 2.45) is 11.5 Å². The van der Waals surface area contributed by atoms with Gasteiger partial charge in [-0.05, 0) is 45.4 Å². The number of carboxylic acids is 1. The van der Waals surface area contributed by atoms with Gasteiger partial charge in [-0.2, -0.15) is 0 Å². The highest BCUT2D eigenvalue weighted by Crippen LogP contribution is 2.14. The molecule has 0 aromatic carbocycles. The Balaban J connectivity index is 0.000000824. The standard InChI is InChI=1S/C22H44O2.C10H24N4/c1-2-3-4-5-6-7-8-9-10-11-12-13-14-15-16-17-18-19-20-21-22(23)24;11-3-1-5-13-7-9-14(10-8-13)6-2-4-12/h2-21H2,1H3,(H,23,24);1-12H2. The third kappa shape index (κ3) is 28.3. The summed E-state index contributed by atoms with van der Waals surface area (Å²) in [5.41, 5.74) is 11.0. The molecule has 5 N–H and O–H groups in total. The van der Waals surface area contributed by atoms with Crippen molar-refractivity contribution < 1.29 is 9.90 Å². The molecule has 1 saturated heterocycles. The summed E-state index contributed by atoms with van der Waals surface area (Å²) >= 11 is 0. The fraction of sp³-hybridized carbons (Fsp3) is 0.969. The molecule has 0 spiro atoms. The molecule has 1 fully saturated rings. The molecular formula is C32H68N4O2. The second-order valence-electron chi connectivity index (χ2n) is 11.5. The average molecular weight is 541 g/mol. The summed E-state index contributed by atoms with van der Waals surface area (Å²) in [6, 6.07) is 0. The maximum atomic E-state index is 10.4. The third-order valence-electron chi connectivity index (χ3n) is 7.82. The lowest BCUT2D eigenvalue weighted by Crippen LogP contribution is -2.47. The number of piperazine rings is 1. The van der Waals surface area contributed by atoms with Gasteiger partial charge < -0.3 is 26.4 Å². The van der Waals surface area contributed by atoms with Gasteiger partial charge in [0.2, 0.25) is 0 Å². The Labute approximate surface area is 237 Å². The lowest BCUT2D eigenvalue weighted by Gasteiger charge is -2.34. The quantitative estimate of drug-likeness (QED) is 0.100. The SMILES string of the molecule is CCCCCCCCCCCCCCCCCCCCCC(=O)O.NCCCN1CCN(CCCN)CC1. The van der Waals surface area contributed by atoms with E-state index < -0.39 is 5.97 Å². The number of rotatable bonds is 26. The van der Waals surface area contributed by atoms with E-state index in [1.54, 1.807) is 0 Å². The fourth-order valence-corrected chi connectivity index (χ4v) is 5.22. The Kier molecular flexibility index (Phi) is 30.3. The summed E-state index contributed by atoms with van der Waals surface area (Å²) in [5.74, 6) is -0.651. The van der Waals surface area contributed by atoms with Crippen molar-refractivity contribution >= 4 is 5.97 Å². The minimum Gasteiger partial charge on any atom is -0.481 e. The van der Waals surface area contributed by atoms with Crippen LogP contribution in [0.25, 0.3) is 0 Å². The van der Waals surface area contributed by atoms with Crippen molar-refractivity contribution in [3.05, 3.63) is 0 Å². The molecule has 6 nitrogen and oxygen atoms in total. The normalized spacial score (nSPS) is 14.4. The lowest BCUT2D eigenvalue weighted by atomic mass is 10.0. The number of aliphatic carboxylic acids is 1. The second-order valence-corrected chi connectivity index (χ2v) is 11.5. The number of carboxylic acid groups (broad SMARTS) is 1. The molecule has 1 heterocycles. The number of carbonyl (C=O) groups is 1. The molecule has 0 radical (unpaired) electrons. The predicted octanol–water partition coefficient (Wildman–Crippen LogP) is 7.19. The number of nitrogens with zero attached hydrogens (tertiary/aromatic N) is 2. The summed E-state index contributed by atoms with van der Waals surface area (Å²) in [7, 11) is 0. The first-order valence-corrected chi connectivity index (χ1v) is 16.7. The van der Waals surface area contributed by atoms with Crippen molar-refractivity contribution in [3.63, 3.8) is 0 Å². The maximum absolute atomic E-state index is 10.4. The van der Waals surface area contributed by atoms with Crippen molar-refractivity contribution in [2.75, 3.05) is 52.4 Å². The van der Waals surface area contributed by atoms with Crippen LogP contribution in [-0.4, -0.2) is 73.2 Å². The first-order valence-electron chi connectivity index (χ1n) is 16.7. The molecule has 0 aromatic rings. The van der Waals surface area contributed by atoms with Crippen LogP contribution in [0.2, 0.25) is 0 Å². The highest BCUT2D eigenvalue weighted by atomic mass is 16.4.